The molecule has 2 aromatic heterocycles. The van der Waals surface area contributed by atoms with Crippen LogP contribution in [0, 0.1) is 6.92 Å². The van der Waals surface area contributed by atoms with Gasteiger partial charge in [-0.05, 0) is 45.9 Å². The van der Waals surface area contributed by atoms with Crippen molar-refractivity contribution in [3.05, 3.63) is 46.4 Å². The Morgan fingerprint density at radius 3 is 2.50 bits per heavy atom. The summed E-state index contributed by atoms with van der Waals surface area (Å²) in [5, 5.41) is 2.27. The summed E-state index contributed by atoms with van der Waals surface area (Å²) < 4.78 is 7.73. The summed E-state index contributed by atoms with van der Waals surface area (Å²) in [6, 6.07) is 7.37. The monoisotopic (exact) mass is 410 g/mol. The van der Waals surface area contributed by atoms with Crippen molar-refractivity contribution < 1.29 is 9.53 Å². The first-order valence-electron chi connectivity index (χ1n) is 10.5. The third-order valence-electron chi connectivity index (χ3n) is 5.64. The number of nitrogens with one attached hydrogen (secondary N) is 1. The number of ether oxygens (including phenoxy) is 1. The molecule has 1 aliphatic heterocycles. The van der Waals surface area contributed by atoms with Crippen LogP contribution in [0.2, 0.25) is 0 Å². The lowest BCUT2D eigenvalue weighted by molar-refractivity contribution is 0.0143. The Balaban J connectivity index is 1.49. The van der Waals surface area contributed by atoms with Gasteiger partial charge in [0.15, 0.2) is 5.43 Å². The van der Waals surface area contributed by atoms with Crippen LogP contribution < -0.4 is 5.43 Å². The van der Waals surface area contributed by atoms with Gasteiger partial charge >= 0.3 is 6.09 Å². The molecule has 0 bridgehead atoms. The zero-order chi connectivity index (χ0) is 21.5. The van der Waals surface area contributed by atoms with E-state index in [-0.39, 0.29) is 11.5 Å². The molecule has 0 atom stereocenters. The lowest BCUT2D eigenvalue weighted by Gasteiger charge is -2.35. The molecule has 0 aliphatic carbocycles. The van der Waals surface area contributed by atoms with Crippen LogP contribution in [0.15, 0.2) is 35.3 Å². The zero-order valence-corrected chi connectivity index (χ0v) is 18.2. The van der Waals surface area contributed by atoms with Crippen molar-refractivity contribution in [2.24, 2.45) is 0 Å². The second-order valence-corrected chi connectivity index (χ2v) is 9.00. The van der Waals surface area contributed by atoms with Crippen molar-refractivity contribution in [3.8, 4) is 0 Å². The van der Waals surface area contributed by atoms with Crippen LogP contribution >= 0.6 is 0 Å². The molecule has 0 radical (unpaired) electrons. The second-order valence-electron chi connectivity index (χ2n) is 9.00. The minimum Gasteiger partial charge on any atom is -0.444 e. The van der Waals surface area contributed by atoms with E-state index in [2.05, 4.69) is 27.4 Å². The molecule has 3 heterocycles. The Morgan fingerprint density at radius 1 is 1.07 bits per heavy atom. The topological polar surface area (TPSA) is 70.6 Å². The van der Waals surface area contributed by atoms with Crippen molar-refractivity contribution in [1.29, 1.82) is 0 Å². The van der Waals surface area contributed by atoms with E-state index in [1.807, 2.05) is 33.0 Å². The maximum atomic E-state index is 12.3. The first kappa shape index (κ1) is 20.5. The fourth-order valence-corrected chi connectivity index (χ4v) is 4.20. The minimum atomic E-state index is -0.472. The molecule has 0 saturated carbocycles. The molecular formula is C23H30N4O3. The van der Waals surface area contributed by atoms with Gasteiger partial charge in [0, 0.05) is 68.0 Å². The Morgan fingerprint density at radius 2 is 1.80 bits per heavy atom. The summed E-state index contributed by atoms with van der Waals surface area (Å²) in [7, 11) is 0. The van der Waals surface area contributed by atoms with Gasteiger partial charge in [0.25, 0.3) is 0 Å². The van der Waals surface area contributed by atoms with Gasteiger partial charge in [-0.15, -0.1) is 0 Å². The third kappa shape index (κ3) is 4.07. The van der Waals surface area contributed by atoms with Crippen LogP contribution in [-0.4, -0.2) is 63.8 Å². The highest BCUT2D eigenvalue weighted by Gasteiger charge is 2.26. The van der Waals surface area contributed by atoms with Crippen LogP contribution in [-0.2, 0) is 11.3 Å². The number of aromatic amines is 1. The quantitative estimate of drug-likeness (QED) is 0.719. The zero-order valence-electron chi connectivity index (χ0n) is 18.2. The molecule has 30 heavy (non-hydrogen) atoms. The molecule has 1 saturated heterocycles. The Bertz CT molecular complexity index is 1130. The summed E-state index contributed by atoms with van der Waals surface area (Å²) in [4.78, 5) is 31.7. The lowest BCUT2D eigenvalue weighted by atomic mass is 10.2. The SMILES string of the molecule is Cc1[nH]ccc2c3ccc(=O)cc3n(CCN3CCN(C(=O)OC(C)(C)C)CC3)c12. The summed E-state index contributed by atoms with van der Waals surface area (Å²) in [5.74, 6) is 0. The molecule has 1 aliphatic rings. The number of pyridine rings is 1. The Hall–Kier alpha value is -2.80. The van der Waals surface area contributed by atoms with Gasteiger partial charge in [0.1, 0.15) is 5.60 Å². The van der Waals surface area contributed by atoms with Gasteiger partial charge < -0.3 is 19.2 Å². The highest BCUT2D eigenvalue weighted by molar-refractivity contribution is 6.08. The molecule has 1 fully saturated rings. The molecule has 1 N–H and O–H groups in total. The normalized spacial score (nSPS) is 15.8. The van der Waals surface area contributed by atoms with Gasteiger partial charge in [-0.2, -0.15) is 0 Å². The maximum Gasteiger partial charge on any atom is 0.410 e. The number of hydrogen-bond donors (Lipinski definition) is 1. The van der Waals surface area contributed by atoms with Crippen molar-refractivity contribution in [2.75, 3.05) is 32.7 Å². The molecular weight excluding hydrogens is 380 g/mol. The molecule has 1 aromatic carbocycles. The first-order chi connectivity index (χ1) is 14.2. The van der Waals surface area contributed by atoms with Gasteiger partial charge in [-0.25, -0.2) is 4.79 Å². The number of aryl methyl sites for hydroxylation is 1. The number of piperazine rings is 1. The molecule has 7 heteroatoms. The van der Waals surface area contributed by atoms with Crippen LogP contribution in [0.3, 0.4) is 0 Å². The number of H-pyrrole nitrogens is 1. The first-order valence-corrected chi connectivity index (χ1v) is 10.5. The van der Waals surface area contributed by atoms with Crippen molar-refractivity contribution in [2.45, 2.75) is 39.8 Å². The number of carbonyl (C=O) groups excluding carboxylic acids is 1. The summed E-state index contributed by atoms with van der Waals surface area (Å²) >= 11 is 0. The molecule has 0 spiro atoms. The van der Waals surface area contributed by atoms with E-state index in [9.17, 15) is 9.59 Å². The molecule has 0 unspecified atom stereocenters. The van der Waals surface area contributed by atoms with Gasteiger partial charge in [-0.3, -0.25) is 9.69 Å². The van der Waals surface area contributed by atoms with Crippen molar-refractivity contribution in [3.63, 3.8) is 0 Å². The smallest absolute Gasteiger partial charge is 0.410 e. The highest BCUT2D eigenvalue weighted by Crippen LogP contribution is 2.29. The number of nitrogens with zero attached hydrogens (tertiary/aromatic N) is 3. The van der Waals surface area contributed by atoms with Gasteiger partial charge in [0.05, 0.1) is 11.0 Å². The summed E-state index contributed by atoms with van der Waals surface area (Å²) in [6.07, 6.45) is 1.71. The van der Waals surface area contributed by atoms with E-state index < -0.39 is 5.60 Å². The van der Waals surface area contributed by atoms with Crippen molar-refractivity contribution >= 4 is 27.9 Å². The van der Waals surface area contributed by atoms with E-state index in [1.54, 1.807) is 17.0 Å². The summed E-state index contributed by atoms with van der Waals surface area (Å²) in [6.45, 7) is 12.3. The maximum absolute atomic E-state index is 12.3. The molecule has 1 amide bonds. The van der Waals surface area contributed by atoms with Crippen LogP contribution in [0.25, 0.3) is 21.8 Å². The van der Waals surface area contributed by atoms with E-state index in [0.717, 1.165) is 53.7 Å². The van der Waals surface area contributed by atoms with E-state index in [0.29, 0.717) is 13.1 Å². The van der Waals surface area contributed by atoms with E-state index >= 15 is 0 Å². The summed E-state index contributed by atoms with van der Waals surface area (Å²) in [5.41, 5.74) is 2.77. The second kappa shape index (κ2) is 7.80. The average Bonchev–Trinajstić information content (AvgIpc) is 2.99. The Kier molecular flexibility index (Phi) is 5.32. The van der Waals surface area contributed by atoms with Crippen LogP contribution in [0.1, 0.15) is 26.5 Å². The molecule has 3 aromatic rings. The van der Waals surface area contributed by atoms with E-state index in [4.69, 9.17) is 4.74 Å². The average molecular weight is 411 g/mol. The van der Waals surface area contributed by atoms with Gasteiger partial charge in [0.2, 0.25) is 0 Å². The third-order valence-corrected chi connectivity index (χ3v) is 5.64. The predicted octanol–water partition coefficient (Wildman–Crippen LogP) is 3.34. The lowest BCUT2D eigenvalue weighted by Crippen LogP contribution is -2.50. The number of carbonyl (C=O) groups is 1. The standard InChI is InChI=1S/C23H30N4O3/c1-16-21-19(7-8-24-16)18-6-5-17(28)15-20(18)27(21)14-11-25-9-12-26(13-10-25)22(29)30-23(2,3)4/h5-8,15,24H,9-14H2,1-4H3. The fraction of sp³-hybridized carbons (Fsp3) is 0.478. The number of fused-ring (bicyclic) bond motifs is 3. The van der Waals surface area contributed by atoms with Gasteiger partial charge in [-0.1, -0.05) is 0 Å². The Labute approximate surface area is 176 Å². The predicted molar refractivity (Wildman–Crippen MR) is 119 cm³/mol. The minimum absolute atomic E-state index is 0.0270. The number of benzene rings is 1. The molecule has 4 rings (SSSR count). The molecule has 7 nitrogen and oxygen atoms in total. The largest absolute Gasteiger partial charge is 0.444 e. The van der Waals surface area contributed by atoms with Crippen molar-refractivity contribution in [1.82, 2.24) is 19.4 Å². The number of hydrogen-bond acceptors (Lipinski definition) is 4. The van der Waals surface area contributed by atoms with Crippen LogP contribution in [0.4, 0.5) is 4.79 Å². The van der Waals surface area contributed by atoms with E-state index in [1.165, 1.54) is 0 Å². The number of amides is 1. The number of rotatable bonds is 3. The van der Waals surface area contributed by atoms with Crippen LogP contribution in [0.5, 0.6) is 0 Å². The number of aromatic nitrogens is 2. The molecule has 160 valence electrons. The fourth-order valence-electron chi connectivity index (χ4n) is 4.20. The highest BCUT2D eigenvalue weighted by atomic mass is 16.6.